The van der Waals surface area contributed by atoms with Crippen molar-refractivity contribution in [3.05, 3.63) is 70.1 Å². The van der Waals surface area contributed by atoms with Crippen LogP contribution in [0.5, 0.6) is 0 Å². The van der Waals surface area contributed by atoms with Crippen molar-refractivity contribution in [3.8, 4) is 17.3 Å². The highest BCUT2D eigenvalue weighted by Gasteiger charge is 2.13. The van der Waals surface area contributed by atoms with E-state index >= 15 is 0 Å². The summed E-state index contributed by atoms with van der Waals surface area (Å²) in [6, 6.07) is 15.1. The molecule has 0 bridgehead atoms. The predicted octanol–water partition coefficient (Wildman–Crippen LogP) is 3.40. The van der Waals surface area contributed by atoms with Crippen molar-refractivity contribution < 1.29 is 8.42 Å². The van der Waals surface area contributed by atoms with Crippen LogP contribution in [-0.2, 0) is 10.0 Å². The molecule has 0 fully saturated rings. The highest BCUT2D eigenvalue weighted by atomic mass is 35.5. The van der Waals surface area contributed by atoms with Crippen LogP contribution >= 0.6 is 22.9 Å². The second kappa shape index (κ2) is 8.96. The quantitative estimate of drug-likeness (QED) is 0.291. The number of hydrogen-bond acceptors (Lipinski definition) is 6. The van der Waals surface area contributed by atoms with Gasteiger partial charge in [-0.1, -0.05) is 23.7 Å². The molecule has 30 heavy (non-hydrogen) atoms. The van der Waals surface area contributed by atoms with Gasteiger partial charge in [-0.05, 0) is 36.4 Å². The molecule has 3 aromatic rings. The summed E-state index contributed by atoms with van der Waals surface area (Å²) in [4.78, 5) is 4.44. The molecule has 0 aliphatic heterocycles. The first-order chi connectivity index (χ1) is 14.3. The third-order valence-corrected chi connectivity index (χ3v) is 6.20. The molecular weight excluding hydrogens is 444 g/mol. The van der Waals surface area contributed by atoms with Gasteiger partial charge in [-0.2, -0.15) is 13.7 Å². The number of nitriles is 1. The lowest BCUT2D eigenvalue weighted by Crippen LogP contribution is -2.24. The van der Waals surface area contributed by atoms with E-state index in [9.17, 15) is 13.7 Å². The Morgan fingerprint density at radius 2 is 1.83 bits per heavy atom. The fraction of sp³-hybridized carbons (Fsp3) is 0. The Bertz CT molecular complexity index is 1250. The molecular formula is C19H15ClN6O2S2. The van der Waals surface area contributed by atoms with Crippen LogP contribution in [0.25, 0.3) is 16.8 Å². The molecule has 0 radical (unpaired) electrons. The summed E-state index contributed by atoms with van der Waals surface area (Å²) in [6.07, 6.45) is 1.50. The Morgan fingerprint density at radius 3 is 2.43 bits per heavy atom. The van der Waals surface area contributed by atoms with Crippen molar-refractivity contribution in [2.45, 2.75) is 4.90 Å². The Morgan fingerprint density at radius 1 is 1.17 bits per heavy atom. The van der Waals surface area contributed by atoms with E-state index in [2.05, 4.69) is 20.8 Å². The minimum Gasteiger partial charge on any atom is -0.369 e. The third kappa shape index (κ3) is 5.15. The summed E-state index contributed by atoms with van der Waals surface area (Å²) < 4.78 is 27.1. The van der Waals surface area contributed by atoms with Gasteiger partial charge in [-0.15, -0.1) is 15.7 Å². The number of nitrogens with two attached hydrogens (primary N) is 2. The first-order valence-electron chi connectivity index (χ1n) is 8.33. The number of halogens is 1. The fourth-order valence-corrected chi connectivity index (χ4v) is 4.15. The van der Waals surface area contributed by atoms with E-state index in [0.29, 0.717) is 21.3 Å². The van der Waals surface area contributed by atoms with Crippen LogP contribution in [0.1, 0.15) is 5.01 Å². The summed E-state index contributed by atoms with van der Waals surface area (Å²) in [5.41, 5.74) is 12.8. The normalized spacial score (nSPS) is 11.5. The van der Waals surface area contributed by atoms with Crippen molar-refractivity contribution >= 4 is 50.2 Å². The number of allylic oxidation sites excluding steroid dienone is 1. The van der Waals surface area contributed by atoms with Gasteiger partial charge in [0.25, 0.3) is 10.0 Å². The van der Waals surface area contributed by atoms with E-state index in [1.54, 1.807) is 12.1 Å². The molecule has 0 aliphatic rings. The molecule has 0 aliphatic carbocycles. The number of hydrogen-bond donors (Lipinski definition) is 3. The van der Waals surface area contributed by atoms with Crippen LogP contribution in [-0.4, -0.2) is 19.4 Å². The maximum absolute atomic E-state index is 12.0. The number of rotatable bonds is 6. The van der Waals surface area contributed by atoms with Gasteiger partial charge in [0.2, 0.25) is 5.96 Å². The first-order valence-corrected chi connectivity index (χ1v) is 11.0. The molecule has 0 saturated heterocycles. The van der Waals surface area contributed by atoms with E-state index in [0.717, 1.165) is 11.3 Å². The highest BCUT2D eigenvalue weighted by Crippen LogP contribution is 2.27. The zero-order valence-corrected chi connectivity index (χ0v) is 17.7. The number of aromatic nitrogens is 1. The molecule has 0 atom stereocenters. The number of nitrogens with zero attached hydrogens (tertiary/aromatic N) is 3. The molecule has 3 rings (SSSR count). The second-order valence-electron chi connectivity index (χ2n) is 5.87. The van der Waals surface area contributed by atoms with E-state index in [4.69, 9.17) is 23.1 Å². The Kier molecular flexibility index (Phi) is 6.37. The average molecular weight is 459 g/mol. The van der Waals surface area contributed by atoms with Gasteiger partial charge in [0.05, 0.1) is 10.6 Å². The molecule has 8 nitrogen and oxygen atoms in total. The Balaban J connectivity index is 1.77. The number of thiazole rings is 1. The topological polar surface area (TPSA) is 147 Å². The summed E-state index contributed by atoms with van der Waals surface area (Å²) >= 11 is 7.24. The van der Waals surface area contributed by atoms with Crippen LogP contribution in [0.3, 0.4) is 0 Å². The number of sulfonamides is 1. The molecule has 1 heterocycles. The summed E-state index contributed by atoms with van der Waals surface area (Å²) in [7, 11) is -3.96. The van der Waals surface area contributed by atoms with Crippen LogP contribution < -0.4 is 16.8 Å². The monoisotopic (exact) mass is 458 g/mol. The third-order valence-electron chi connectivity index (χ3n) is 3.76. The minimum atomic E-state index is -3.96. The van der Waals surface area contributed by atoms with E-state index in [1.165, 1.54) is 41.8 Å². The lowest BCUT2D eigenvalue weighted by atomic mass is 10.2. The van der Waals surface area contributed by atoms with Crippen LogP contribution in [0.15, 0.2) is 69.4 Å². The molecule has 2 aromatic carbocycles. The van der Waals surface area contributed by atoms with Gasteiger partial charge in [0.15, 0.2) is 0 Å². The van der Waals surface area contributed by atoms with Crippen molar-refractivity contribution in [2.75, 3.05) is 5.32 Å². The molecule has 0 saturated carbocycles. The van der Waals surface area contributed by atoms with Crippen molar-refractivity contribution in [1.82, 2.24) is 4.98 Å². The first kappa shape index (κ1) is 21.3. The largest absolute Gasteiger partial charge is 0.369 e. The summed E-state index contributed by atoms with van der Waals surface area (Å²) in [5, 5.41) is 15.5. The zero-order valence-electron chi connectivity index (χ0n) is 15.3. The average Bonchev–Trinajstić information content (AvgIpc) is 3.18. The molecule has 5 N–H and O–H groups in total. The number of guanidine groups is 1. The molecule has 0 amide bonds. The van der Waals surface area contributed by atoms with Crippen LogP contribution in [0.2, 0.25) is 5.02 Å². The summed E-state index contributed by atoms with van der Waals surface area (Å²) in [6.45, 7) is 0. The SMILES string of the molecule is N#C/C(=C\Nc1ccc(S(=O)(=O)N=C(N)N)cc1)c1nc(-c2ccc(Cl)cc2)cs1. The number of benzene rings is 2. The maximum Gasteiger partial charge on any atom is 0.285 e. The van der Waals surface area contributed by atoms with Crippen molar-refractivity contribution in [1.29, 1.82) is 5.26 Å². The molecule has 11 heteroatoms. The van der Waals surface area contributed by atoms with Gasteiger partial charge in [-0.25, -0.2) is 4.98 Å². The maximum atomic E-state index is 12.0. The fourth-order valence-electron chi connectivity index (χ4n) is 2.36. The number of nitrogens with one attached hydrogen (secondary N) is 1. The molecule has 0 spiro atoms. The zero-order chi connectivity index (χ0) is 21.7. The van der Waals surface area contributed by atoms with Gasteiger partial charge < -0.3 is 16.8 Å². The molecule has 1 aromatic heterocycles. The van der Waals surface area contributed by atoms with Crippen LogP contribution in [0.4, 0.5) is 5.69 Å². The van der Waals surface area contributed by atoms with Gasteiger partial charge >= 0.3 is 0 Å². The summed E-state index contributed by atoms with van der Waals surface area (Å²) in [5.74, 6) is -0.541. The Hall–Kier alpha value is -3.39. The Labute approximate surface area is 182 Å². The van der Waals surface area contributed by atoms with Crippen molar-refractivity contribution in [2.24, 2.45) is 15.9 Å². The van der Waals surface area contributed by atoms with Crippen LogP contribution in [0, 0.1) is 11.3 Å². The standard InChI is InChI=1S/C19H15ClN6O2S2/c20-14-3-1-12(2-4-14)17-11-29-18(25-17)13(9-21)10-24-15-5-7-16(8-6-15)30(27,28)26-19(22)23/h1-8,10-11,24H,(H4,22,23,26)/b13-10+. The predicted molar refractivity (Wildman–Crippen MR) is 119 cm³/mol. The number of anilines is 1. The van der Waals surface area contributed by atoms with E-state index in [1.807, 2.05) is 17.5 Å². The molecule has 0 unspecified atom stereocenters. The van der Waals surface area contributed by atoms with Gasteiger partial charge in [-0.3, -0.25) is 0 Å². The van der Waals surface area contributed by atoms with Gasteiger partial charge in [0.1, 0.15) is 16.6 Å². The van der Waals surface area contributed by atoms with E-state index in [-0.39, 0.29) is 4.90 Å². The van der Waals surface area contributed by atoms with Gasteiger partial charge in [0, 0.05) is 27.9 Å². The molecule has 152 valence electrons. The minimum absolute atomic E-state index is 0.0570. The van der Waals surface area contributed by atoms with E-state index < -0.39 is 16.0 Å². The smallest absolute Gasteiger partial charge is 0.285 e. The lowest BCUT2D eigenvalue weighted by Gasteiger charge is -2.03. The highest BCUT2D eigenvalue weighted by molar-refractivity contribution is 7.90. The second-order valence-corrected chi connectivity index (χ2v) is 8.77. The van der Waals surface area contributed by atoms with Crippen molar-refractivity contribution in [3.63, 3.8) is 0 Å². The lowest BCUT2D eigenvalue weighted by molar-refractivity contribution is 0.598.